The first-order chi connectivity index (χ1) is 7.27. The lowest BCUT2D eigenvalue weighted by molar-refractivity contribution is -0.122. The zero-order valence-electron chi connectivity index (χ0n) is 8.70. The Bertz CT molecular complexity index is 263. The summed E-state index contributed by atoms with van der Waals surface area (Å²) in [5.41, 5.74) is 0. The van der Waals surface area contributed by atoms with Crippen LogP contribution < -0.4 is 5.32 Å². The summed E-state index contributed by atoms with van der Waals surface area (Å²) < 4.78 is 4.79. The van der Waals surface area contributed by atoms with Gasteiger partial charge in [0.25, 0.3) is 0 Å². The van der Waals surface area contributed by atoms with Crippen molar-refractivity contribution in [1.29, 1.82) is 0 Å². The van der Waals surface area contributed by atoms with Crippen LogP contribution in [0.2, 0.25) is 0 Å². The molecule has 1 saturated carbocycles. The van der Waals surface area contributed by atoms with Gasteiger partial charge in [0, 0.05) is 19.0 Å². The maximum Gasteiger partial charge on any atom is 0.409 e. The second kappa shape index (κ2) is 4.51. The van der Waals surface area contributed by atoms with Gasteiger partial charge < -0.3 is 15.0 Å². The minimum atomic E-state index is -0.233. The van der Waals surface area contributed by atoms with Gasteiger partial charge in [-0.3, -0.25) is 4.79 Å². The Labute approximate surface area is 88.8 Å². The molecular weight excluding hydrogens is 196 g/mol. The lowest BCUT2D eigenvalue weighted by Crippen LogP contribution is -2.31. The summed E-state index contributed by atoms with van der Waals surface area (Å²) in [5.74, 6) is 0.431. The minimum Gasteiger partial charge on any atom is -0.448 e. The topological polar surface area (TPSA) is 58.6 Å². The van der Waals surface area contributed by atoms with Crippen LogP contribution in [0, 0.1) is 5.92 Å². The van der Waals surface area contributed by atoms with E-state index in [1.165, 1.54) is 0 Å². The molecule has 0 atom stereocenters. The van der Waals surface area contributed by atoms with Crippen molar-refractivity contribution in [2.75, 3.05) is 26.2 Å². The van der Waals surface area contributed by atoms with Gasteiger partial charge in [-0.2, -0.15) is 0 Å². The number of nitrogens with zero attached hydrogens (tertiary/aromatic N) is 1. The number of hydrogen-bond donors (Lipinski definition) is 1. The number of nitrogens with one attached hydrogen (secondary N) is 1. The molecule has 0 aromatic carbocycles. The Morgan fingerprint density at radius 2 is 2.33 bits per heavy atom. The molecule has 1 aliphatic carbocycles. The molecule has 84 valence electrons. The molecular formula is C10H16N2O3. The van der Waals surface area contributed by atoms with Gasteiger partial charge in [0.05, 0.1) is 6.54 Å². The molecule has 0 bridgehead atoms. The van der Waals surface area contributed by atoms with E-state index in [0.29, 0.717) is 26.2 Å². The van der Waals surface area contributed by atoms with Crippen molar-refractivity contribution in [2.24, 2.45) is 5.92 Å². The third-order valence-corrected chi connectivity index (χ3v) is 2.70. The van der Waals surface area contributed by atoms with Crippen molar-refractivity contribution in [3.05, 3.63) is 0 Å². The van der Waals surface area contributed by atoms with Gasteiger partial charge in [0.2, 0.25) is 5.91 Å². The summed E-state index contributed by atoms with van der Waals surface area (Å²) in [6, 6.07) is 0. The summed E-state index contributed by atoms with van der Waals surface area (Å²) in [4.78, 5) is 24.0. The Hall–Kier alpha value is -1.26. The predicted octanol–water partition coefficient (Wildman–Crippen LogP) is 0.355. The molecule has 1 N–H and O–H groups in total. The average Bonchev–Trinajstić information content (AvgIpc) is 2.99. The van der Waals surface area contributed by atoms with Gasteiger partial charge in [0.1, 0.15) is 6.61 Å². The quantitative estimate of drug-likeness (QED) is 0.669. The molecule has 0 radical (unpaired) electrons. The Morgan fingerprint density at radius 1 is 1.53 bits per heavy atom. The molecule has 2 aliphatic rings. The van der Waals surface area contributed by atoms with Crippen molar-refractivity contribution in [3.63, 3.8) is 0 Å². The third kappa shape index (κ3) is 2.84. The number of cyclic esters (lactones) is 1. The van der Waals surface area contributed by atoms with Crippen LogP contribution in [0.25, 0.3) is 0 Å². The Balaban J connectivity index is 1.54. The highest BCUT2D eigenvalue weighted by Gasteiger charge is 2.29. The number of amides is 2. The van der Waals surface area contributed by atoms with E-state index in [2.05, 4.69) is 5.32 Å². The fourth-order valence-corrected chi connectivity index (χ4v) is 1.60. The highest BCUT2D eigenvalue weighted by atomic mass is 16.6. The summed E-state index contributed by atoms with van der Waals surface area (Å²) in [6.45, 7) is 2.49. The summed E-state index contributed by atoms with van der Waals surface area (Å²) in [6.07, 6.45) is 2.63. The van der Waals surface area contributed by atoms with Gasteiger partial charge in [-0.1, -0.05) is 0 Å². The molecule has 0 aromatic rings. The Kier molecular flexibility index (Phi) is 3.08. The van der Waals surface area contributed by atoms with Crippen molar-refractivity contribution >= 4 is 12.0 Å². The van der Waals surface area contributed by atoms with Crippen molar-refractivity contribution in [2.45, 2.75) is 19.3 Å². The van der Waals surface area contributed by atoms with E-state index >= 15 is 0 Å². The van der Waals surface area contributed by atoms with Gasteiger partial charge in [-0.25, -0.2) is 4.79 Å². The molecule has 0 aromatic heterocycles. The molecule has 2 amide bonds. The molecule has 1 saturated heterocycles. The molecule has 2 rings (SSSR count). The van der Waals surface area contributed by atoms with E-state index in [0.717, 1.165) is 19.3 Å². The molecule has 5 nitrogen and oxygen atoms in total. The van der Waals surface area contributed by atoms with Crippen molar-refractivity contribution < 1.29 is 14.3 Å². The number of rotatable bonds is 5. The first kappa shape index (κ1) is 10.3. The first-order valence-electron chi connectivity index (χ1n) is 5.47. The van der Waals surface area contributed by atoms with E-state index < -0.39 is 0 Å². The fraction of sp³-hybridized carbons (Fsp3) is 0.800. The van der Waals surface area contributed by atoms with E-state index in [4.69, 9.17) is 4.74 Å². The third-order valence-electron chi connectivity index (χ3n) is 2.70. The molecule has 2 fully saturated rings. The second-order valence-corrected chi connectivity index (χ2v) is 4.02. The second-order valence-electron chi connectivity index (χ2n) is 4.02. The lowest BCUT2D eigenvalue weighted by Gasteiger charge is -2.12. The maximum atomic E-state index is 11.2. The molecule has 15 heavy (non-hydrogen) atoms. The number of carbonyl (C=O) groups excluding carboxylic acids is 2. The van der Waals surface area contributed by atoms with E-state index in [1.807, 2.05) is 0 Å². The molecule has 1 aliphatic heterocycles. The van der Waals surface area contributed by atoms with E-state index in [9.17, 15) is 9.59 Å². The highest BCUT2D eigenvalue weighted by molar-refractivity contribution is 5.80. The monoisotopic (exact) mass is 212 g/mol. The molecule has 0 unspecified atom stereocenters. The number of ether oxygens (including phenoxy) is 1. The van der Waals surface area contributed by atoms with Crippen LogP contribution >= 0.6 is 0 Å². The summed E-state index contributed by atoms with van der Waals surface area (Å²) >= 11 is 0. The van der Waals surface area contributed by atoms with Gasteiger partial charge in [-0.15, -0.1) is 0 Å². The van der Waals surface area contributed by atoms with Crippen LogP contribution in [0.5, 0.6) is 0 Å². The SMILES string of the molecule is O=C(NCCCN1CCOC1=O)C1CC1. The largest absolute Gasteiger partial charge is 0.448 e. The van der Waals surface area contributed by atoms with Gasteiger partial charge >= 0.3 is 6.09 Å². The lowest BCUT2D eigenvalue weighted by atomic mass is 10.3. The fourth-order valence-electron chi connectivity index (χ4n) is 1.60. The van der Waals surface area contributed by atoms with E-state index in [1.54, 1.807) is 4.90 Å². The molecule has 5 heteroatoms. The highest BCUT2D eigenvalue weighted by Crippen LogP contribution is 2.28. The average molecular weight is 212 g/mol. The predicted molar refractivity (Wildman–Crippen MR) is 53.3 cm³/mol. The zero-order valence-corrected chi connectivity index (χ0v) is 8.70. The normalized spacial score (nSPS) is 20.3. The van der Waals surface area contributed by atoms with Crippen molar-refractivity contribution in [1.82, 2.24) is 10.2 Å². The van der Waals surface area contributed by atoms with Crippen LogP contribution in [0.4, 0.5) is 4.79 Å². The number of hydrogen-bond acceptors (Lipinski definition) is 3. The van der Waals surface area contributed by atoms with Crippen LogP contribution in [-0.4, -0.2) is 43.1 Å². The maximum absolute atomic E-state index is 11.2. The smallest absolute Gasteiger partial charge is 0.409 e. The van der Waals surface area contributed by atoms with Gasteiger partial charge in [0.15, 0.2) is 0 Å². The van der Waals surface area contributed by atoms with Crippen LogP contribution in [-0.2, 0) is 9.53 Å². The van der Waals surface area contributed by atoms with Crippen molar-refractivity contribution in [3.8, 4) is 0 Å². The standard InChI is InChI=1S/C10H16N2O3/c13-9(8-2-3-8)11-4-1-5-12-6-7-15-10(12)14/h8H,1-7H2,(H,11,13). The molecule has 1 heterocycles. The van der Waals surface area contributed by atoms with Crippen LogP contribution in [0.3, 0.4) is 0 Å². The minimum absolute atomic E-state index is 0.166. The summed E-state index contributed by atoms with van der Waals surface area (Å²) in [5, 5.41) is 2.87. The summed E-state index contributed by atoms with van der Waals surface area (Å²) in [7, 11) is 0. The zero-order chi connectivity index (χ0) is 10.7. The van der Waals surface area contributed by atoms with Crippen LogP contribution in [0.1, 0.15) is 19.3 Å². The molecule has 0 spiro atoms. The number of carbonyl (C=O) groups is 2. The van der Waals surface area contributed by atoms with Crippen LogP contribution in [0.15, 0.2) is 0 Å². The first-order valence-corrected chi connectivity index (χ1v) is 5.47. The van der Waals surface area contributed by atoms with E-state index in [-0.39, 0.29) is 17.9 Å². The van der Waals surface area contributed by atoms with Gasteiger partial charge in [-0.05, 0) is 19.3 Å². The Morgan fingerprint density at radius 3 is 2.93 bits per heavy atom.